The summed E-state index contributed by atoms with van der Waals surface area (Å²) in [4.78, 5) is 0. The molecule has 20 heavy (non-hydrogen) atoms. The maximum atomic E-state index is 6.27. The molecule has 1 unspecified atom stereocenters. The Bertz CT molecular complexity index is 655. The zero-order chi connectivity index (χ0) is 14.1. The summed E-state index contributed by atoms with van der Waals surface area (Å²) in [7, 11) is 0. The first-order valence-corrected chi connectivity index (χ1v) is 7.03. The summed E-state index contributed by atoms with van der Waals surface area (Å²) in [5.74, 6) is 0.602. The molecule has 0 bridgehead atoms. The summed E-state index contributed by atoms with van der Waals surface area (Å²) in [6, 6.07) is 15.6. The fourth-order valence-corrected chi connectivity index (χ4v) is 2.85. The minimum atomic E-state index is 0.0647. The van der Waals surface area contributed by atoms with E-state index in [1.165, 1.54) is 0 Å². The molecule has 0 amide bonds. The van der Waals surface area contributed by atoms with Gasteiger partial charge in [-0.1, -0.05) is 53.5 Å². The van der Waals surface area contributed by atoms with E-state index in [1.54, 1.807) is 12.1 Å². The van der Waals surface area contributed by atoms with Crippen LogP contribution in [0.3, 0.4) is 0 Å². The van der Waals surface area contributed by atoms with Crippen molar-refractivity contribution in [3.63, 3.8) is 0 Å². The number of benzene rings is 2. The Balaban J connectivity index is 2.01. The van der Waals surface area contributed by atoms with Gasteiger partial charge < -0.3 is 5.73 Å². The van der Waals surface area contributed by atoms with Gasteiger partial charge in [0.05, 0.1) is 16.8 Å². The number of nitrogens with zero attached hydrogens (tertiary/aromatic N) is 2. The summed E-state index contributed by atoms with van der Waals surface area (Å²) in [6.07, 6.45) is 0.684. The molecule has 2 aromatic carbocycles. The van der Waals surface area contributed by atoms with Crippen LogP contribution in [0.15, 0.2) is 53.6 Å². The molecule has 3 nitrogen and oxygen atoms in total. The van der Waals surface area contributed by atoms with Gasteiger partial charge in [-0.2, -0.15) is 5.10 Å². The molecule has 0 saturated carbocycles. The summed E-state index contributed by atoms with van der Waals surface area (Å²) in [5, 5.41) is 7.44. The molecule has 5 heteroatoms. The van der Waals surface area contributed by atoms with Gasteiger partial charge in [-0.3, -0.25) is 5.01 Å². The fraction of sp³-hybridized carbons (Fsp3) is 0.133. The van der Waals surface area contributed by atoms with Gasteiger partial charge >= 0.3 is 0 Å². The third kappa shape index (κ3) is 2.47. The fourth-order valence-electron chi connectivity index (χ4n) is 2.36. The van der Waals surface area contributed by atoms with Gasteiger partial charge in [0.15, 0.2) is 0 Å². The lowest BCUT2D eigenvalue weighted by Gasteiger charge is -2.24. The Morgan fingerprint density at radius 1 is 1.10 bits per heavy atom. The van der Waals surface area contributed by atoms with Crippen molar-refractivity contribution in [1.82, 2.24) is 0 Å². The lowest BCUT2D eigenvalue weighted by Crippen LogP contribution is -2.18. The van der Waals surface area contributed by atoms with E-state index in [9.17, 15) is 0 Å². The third-order valence-electron chi connectivity index (χ3n) is 3.27. The summed E-state index contributed by atoms with van der Waals surface area (Å²) in [6.45, 7) is 0. The molecule has 0 saturated heterocycles. The second-order valence-corrected chi connectivity index (χ2v) is 5.51. The molecule has 1 aliphatic rings. The quantitative estimate of drug-likeness (QED) is 0.902. The largest absolute Gasteiger partial charge is 0.386 e. The predicted molar refractivity (Wildman–Crippen MR) is 84.4 cm³/mol. The van der Waals surface area contributed by atoms with Crippen LogP contribution in [-0.4, -0.2) is 5.84 Å². The van der Waals surface area contributed by atoms with Crippen LogP contribution in [0.2, 0.25) is 10.0 Å². The highest BCUT2D eigenvalue weighted by molar-refractivity contribution is 6.36. The number of hydrazone groups is 1. The Morgan fingerprint density at radius 3 is 2.55 bits per heavy atom. The molecule has 0 aliphatic carbocycles. The third-order valence-corrected chi connectivity index (χ3v) is 3.81. The van der Waals surface area contributed by atoms with Crippen molar-refractivity contribution in [2.45, 2.75) is 12.5 Å². The van der Waals surface area contributed by atoms with Crippen LogP contribution in [-0.2, 0) is 0 Å². The molecule has 102 valence electrons. The number of rotatable bonds is 2. The molecular formula is C15H13Cl2N3. The molecule has 1 atom stereocenters. The Labute approximate surface area is 127 Å². The van der Waals surface area contributed by atoms with Crippen molar-refractivity contribution < 1.29 is 0 Å². The number of amidine groups is 1. The SMILES string of the molecule is NC1=NN(c2ccc(Cl)cc2Cl)C(c2ccccc2)C1. The minimum absolute atomic E-state index is 0.0647. The highest BCUT2D eigenvalue weighted by atomic mass is 35.5. The van der Waals surface area contributed by atoms with Crippen molar-refractivity contribution in [2.75, 3.05) is 5.01 Å². The lowest BCUT2D eigenvalue weighted by molar-refractivity contribution is 0.708. The van der Waals surface area contributed by atoms with E-state index in [1.807, 2.05) is 29.3 Å². The van der Waals surface area contributed by atoms with Crippen LogP contribution in [0.1, 0.15) is 18.0 Å². The molecule has 0 spiro atoms. The van der Waals surface area contributed by atoms with E-state index in [2.05, 4.69) is 17.2 Å². The average Bonchev–Trinajstić information content (AvgIpc) is 2.81. The zero-order valence-electron chi connectivity index (χ0n) is 10.6. The monoisotopic (exact) mass is 305 g/mol. The van der Waals surface area contributed by atoms with Gasteiger partial charge in [-0.05, 0) is 23.8 Å². The van der Waals surface area contributed by atoms with E-state index in [0.29, 0.717) is 22.3 Å². The van der Waals surface area contributed by atoms with Crippen LogP contribution in [0.4, 0.5) is 5.69 Å². The van der Waals surface area contributed by atoms with E-state index < -0.39 is 0 Å². The first-order chi connectivity index (χ1) is 9.65. The highest BCUT2D eigenvalue weighted by Gasteiger charge is 2.29. The van der Waals surface area contributed by atoms with Crippen molar-refractivity contribution in [1.29, 1.82) is 0 Å². The van der Waals surface area contributed by atoms with Crippen molar-refractivity contribution in [3.05, 3.63) is 64.1 Å². The molecule has 1 aliphatic heterocycles. The molecule has 0 radical (unpaired) electrons. The second kappa shape index (κ2) is 5.35. The number of nitrogens with two attached hydrogens (primary N) is 1. The van der Waals surface area contributed by atoms with Crippen molar-refractivity contribution in [2.24, 2.45) is 10.8 Å². The summed E-state index contributed by atoms with van der Waals surface area (Å²) in [5.41, 5.74) is 7.88. The van der Waals surface area contributed by atoms with Gasteiger partial charge in [-0.25, -0.2) is 0 Å². The van der Waals surface area contributed by atoms with Crippen LogP contribution in [0, 0.1) is 0 Å². The first-order valence-electron chi connectivity index (χ1n) is 6.27. The van der Waals surface area contributed by atoms with E-state index in [-0.39, 0.29) is 6.04 Å². The standard InChI is InChI=1S/C15H13Cl2N3/c16-11-6-7-13(12(17)8-11)20-14(9-15(18)19-20)10-4-2-1-3-5-10/h1-8,14H,9H2,(H2,18,19). The predicted octanol–water partition coefficient (Wildman–Crippen LogP) is 4.22. The van der Waals surface area contributed by atoms with Crippen LogP contribution in [0.25, 0.3) is 0 Å². The summed E-state index contributed by atoms with van der Waals surface area (Å²) >= 11 is 12.2. The van der Waals surface area contributed by atoms with Gasteiger partial charge in [0.2, 0.25) is 0 Å². The first kappa shape index (κ1) is 13.3. The Hall–Kier alpha value is -1.71. The smallest absolute Gasteiger partial charge is 0.122 e. The molecule has 1 heterocycles. The Morgan fingerprint density at radius 2 is 1.85 bits per heavy atom. The van der Waals surface area contributed by atoms with Crippen molar-refractivity contribution >= 4 is 34.7 Å². The second-order valence-electron chi connectivity index (χ2n) is 4.66. The topological polar surface area (TPSA) is 41.6 Å². The van der Waals surface area contributed by atoms with Gasteiger partial charge in [0.25, 0.3) is 0 Å². The number of anilines is 1. The molecule has 2 aromatic rings. The molecule has 2 N–H and O–H groups in total. The zero-order valence-corrected chi connectivity index (χ0v) is 12.1. The van der Waals surface area contributed by atoms with Gasteiger partial charge in [0.1, 0.15) is 5.84 Å². The maximum absolute atomic E-state index is 6.27. The van der Waals surface area contributed by atoms with Crippen LogP contribution < -0.4 is 10.7 Å². The number of halogens is 2. The molecular weight excluding hydrogens is 293 g/mol. The number of hydrogen-bond donors (Lipinski definition) is 1. The van der Waals surface area contributed by atoms with E-state index >= 15 is 0 Å². The van der Waals surface area contributed by atoms with Crippen LogP contribution >= 0.6 is 23.2 Å². The normalized spacial score (nSPS) is 18.2. The Kier molecular flexibility index (Phi) is 3.55. The number of hydrogen-bond acceptors (Lipinski definition) is 3. The molecule has 0 fully saturated rings. The summed E-state index contributed by atoms with van der Waals surface area (Å²) < 4.78 is 0. The molecule has 3 rings (SSSR count). The van der Waals surface area contributed by atoms with E-state index in [0.717, 1.165) is 11.3 Å². The lowest BCUT2D eigenvalue weighted by atomic mass is 10.0. The van der Waals surface area contributed by atoms with Crippen molar-refractivity contribution in [3.8, 4) is 0 Å². The maximum Gasteiger partial charge on any atom is 0.122 e. The molecule has 0 aromatic heterocycles. The highest BCUT2D eigenvalue weighted by Crippen LogP contribution is 2.38. The van der Waals surface area contributed by atoms with Crippen LogP contribution in [0.5, 0.6) is 0 Å². The van der Waals surface area contributed by atoms with E-state index in [4.69, 9.17) is 28.9 Å². The van der Waals surface area contributed by atoms with Gasteiger partial charge in [0, 0.05) is 11.4 Å². The van der Waals surface area contributed by atoms with Gasteiger partial charge in [-0.15, -0.1) is 0 Å². The minimum Gasteiger partial charge on any atom is -0.386 e. The average molecular weight is 306 g/mol.